The Hall–Kier alpha value is -4.26. The molecular formula is C38H41BN4O6S. The number of rotatable bonds is 7. The molecule has 258 valence electrons. The van der Waals surface area contributed by atoms with Crippen LogP contribution in [0, 0.1) is 11.3 Å². The van der Waals surface area contributed by atoms with E-state index in [4.69, 9.17) is 14.0 Å². The average molecular weight is 693 g/mol. The van der Waals surface area contributed by atoms with Crippen molar-refractivity contribution in [3.8, 4) is 11.5 Å². The second kappa shape index (κ2) is 11.6. The normalized spacial score (nSPS) is 25.4. The van der Waals surface area contributed by atoms with Crippen LogP contribution in [0.5, 0.6) is 11.5 Å². The van der Waals surface area contributed by atoms with Crippen LogP contribution in [0.25, 0.3) is 10.9 Å². The molecule has 8 rings (SSSR count). The molecule has 10 nitrogen and oxygen atoms in total. The van der Waals surface area contributed by atoms with Gasteiger partial charge in [-0.1, -0.05) is 49.9 Å². The van der Waals surface area contributed by atoms with Gasteiger partial charge in [-0.3, -0.25) is 14.4 Å². The van der Waals surface area contributed by atoms with Crippen LogP contribution in [0.2, 0.25) is 0 Å². The molecule has 3 aliphatic heterocycles. The van der Waals surface area contributed by atoms with Gasteiger partial charge < -0.3 is 34.6 Å². The molecule has 0 spiro atoms. The summed E-state index contributed by atoms with van der Waals surface area (Å²) in [5.41, 5.74) is 2.14. The number of H-pyrrole nitrogens is 1. The van der Waals surface area contributed by atoms with Crippen molar-refractivity contribution in [3.05, 3.63) is 78.0 Å². The highest BCUT2D eigenvalue weighted by Gasteiger charge is 2.69. The van der Waals surface area contributed by atoms with E-state index in [1.165, 1.54) is 0 Å². The van der Waals surface area contributed by atoms with E-state index in [-0.39, 0.29) is 48.2 Å². The highest BCUT2D eigenvalue weighted by atomic mass is 32.2. The van der Waals surface area contributed by atoms with Gasteiger partial charge in [-0.2, -0.15) is 0 Å². The van der Waals surface area contributed by atoms with Gasteiger partial charge in [0.15, 0.2) is 0 Å². The predicted molar refractivity (Wildman–Crippen MR) is 192 cm³/mol. The Balaban J connectivity index is 0.905. The maximum atomic E-state index is 13.7. The molecule has 4 heterocycles. The summed E-state index contributed by atoms with van der Waals surface area (Å²) in [6, 6.07) is 20.5. The zero-order valence-electron chi connectivity index (χ0n) is 29.1. The van der Waals surface area contributed by atoms with Gasteiger partial charge in [0, 0.05) is 22.8 Å². The standard InChI is InChI=1S/C38H41BN4O6S/c1-21-33-38(21,6)18-27(35(46)40-19-25-16-23-15-24(12-13-26(23)42-25)39-48-36(2,3)37(4,5)49-39)43(33)32(44)20-41-34(45)22-11-14-31-29(17-22)47-28-9-7-8-10-30(28)50-31/h7-17,21,27,33,42H,18-20H2,1-6H3,(H,40,46)(H,41,45)/t21-,27+,33+,38-/m1/s1. The van der Waals surface area contributed by atoms with E-state index < -0.39 is 24.4 Å². The van der Waals surface area contributed by atoms with Crippen molar-refractivity contribution in [1.82, 2.24) is 20.5 Å². The van der Waals surface area contributed by atoms with Gasteiger partial charge in [0.1, 0.15) is 17.5 Å². The third-order valence-corrected chi connectivity index (χ3v) is 12.6. The molecule has 12 heteroatoms. The minimum Gasteiger partial charge on any atom is -0.455 e. The Labute approximate surface area is 296 Å². The molecule has 3 aromatic carbocycles. The van der Waals surface area contributed by atoms with Crippen molar-refractivity contribution in [1.29, 1.82) is 0 Å². The number of aromatic nitrogens is 1. The average Bonchev–Trinajstić information content (AvgIpc) is 3.42. The predicted octanol–water partition coefficient (Wildman–Crippen LogP) is 5.40. The summed E-state index contributed by atoms with van der Waals surface area (Å²) in [7, 11) is -0.461. The monoisotopic (exact) mass is 692 g/mol. The number of hydrogen-bond acceptors (Lipinski definition) is 7. The Morgan fingerprint density at radius 1 is 0.920 bits per heavy atom. The van der Waals surface area contributed by atoms with Crippen LogP contribution >= 0.6 is 11.8 Å². The summed E-state index contributed by atoms with van der Waals surface area (Å²) >= 11 is 1.59. The third-order valence-electron chi connectivity index (χ3n) is 11.5. The molecule has 4 atom stereocenters. The maximum Gasteiger partial charge on any atom is 0.494 e. The van der Waals surface area contributed by atoms with Gasteiger partial charge in [-0.05, 0) is 98.8 Å². The lowest BCUT2D eigenvalue weighted by atomic mass is 9.79. The van der Waals surface area contributed by atoms with Crippen LogP contribution in [-0.4, -0.2) is 64.6 Å². The van der Waals surface area contributed by atoms with Crippen LogP contribution in [-0.2, 0) is 25.4 Å². The molecule has 1 aliphatic carbocycles. The van der Waals surface area contributed by atoms with Crippen molar-refractivity contribution in [2.24, 2.45) is 11.3 Å². The number of fused-ring (bicyclic) bond motifs is 4. The maximum absolute atomic E-state index is 13.7. The summed E-state index contributed by atoms with van der Waals surface area (Å²) in [6.45, 7) is 12.5. The molecule has 0 radical (unpaired) electrons. The van der Waals surface area contributed by atoms with Crippen molar-refractivity contribution >= 4 is 53.0 Å². The Morgan fingerprint density at radius 3 is 2.44 bits per heavy atom. The van der Waals surface area contributed by atoms with E-state index in [0.717, 1.165) is 37.6 Å². The van der Waals surface area contributed by atoms with E-state index in [1.807, 2.05) is 76.2 Å². The molecule has 3 fully saturated rings. The molecule has 2 saturated heterocycles. The largest absolute Gasteiger partial charge is 0.494 e. The first-order valence-corrected chi connectivity index (χ1v) is 18.0. The van der Waals surface area contributed by atoms with Crippen molar-refractivity contribution in [2.75, 3.05) is 6.54 Å². The molecule has 1 aromatic heterocycles. The summed E-state index contributed by atoms with van der Waals surface area (Å²) in [4.78, 5) is 47.5. The smallest absolute Gasteiger partial charge is 0.455 e. The first-order valence-electron chi connectivity index (χ1n) is 17.2. The number of ether oxygens (including phenoxy) is 1. The second-order valence-corrected chi connectivity index (χ2v) is 16.3. The first-order chi connectivity index (χ1) is 23.7. The van der Waals surface area contributed by atoms with Gasteiger partial charge in [0.2, 0.25) is 11.8 Å². The SMILES string of the molecule is C[C@@H]1[C@@H]2N(C(=O)CNC(=O)c3ccc4c(c3)Oc3ccccc3S4)[C@H](C(=O)NCc3cc4cc(B5OC(C)(C)C(C)(C)O5)ccc4[nH]3)C[C@]12C. The highest BCUT2D eigenvalue weighted by Crippen LogP contribution is 2.63. The zero-order chi connectivity index (χ0) is 35.2. The minimum absolute atomic E-state index is 0.0432. The summed E-state index contributed by atoms with van der Waals surface area (Å²) < 4.78 is 18.5. The molecule has 0 bridgehead atoms. The molecule has 1 saturated carbocycles. The lowest BCUT2D eigenvalue weighted by Crippen LogP contribution is -2.51. The number of benzene rings is 3. The number of amides is 3. The minimum atomic E-state index is -0.612. The quantitative estimate of drug-likeness (QED) is 0.196. The highest BCUT2D eigenvalue weighted by molar-refractivity contribution is 7.99. The number of carbonyl (C=O) groups excluding carboxylic acids is 3. The van der Waals surface area contributed by atoms with E-state index in [1.54, 1.807) is 28.8 Å². The lowest BCUT2D eigenvalue weighted by Gasteiger charge is -2.32. The van der Waals surface area contributed by atoms with Crippen LogP contribution < -0.4 is 20.8 Å². The Bertz CT molecular complexity index is 2050. The third kappa shape index (κ3) is 5.48. The van der Waals surface area contributed by atoms with Gasteiger partial charge in [-0.25, -0.2) is 0 Å². The number of carbonyl (C=O) groups is 3. The fourth-order valence-electron chi connectivity index (χ4n) is 7.64. The second-order valence-electron chi connectivity index (χ2n) is 15.2. The molecule has 4 aromatic rings. The molecule has 3 N–H and O–H groups in total. The molecule has 4 aliphatic rings. The van der Waals surface area contributed by atoms with E-state index >= 15 is 0 Å². The Morgan fingerprint density at radius 2 is 1.66 bits per heavy atom. The van der Waals surface area contributed by atoms with Crippen molar-refractivity contribution in [3.63, 3.8) is 0 Å². The number of likely N-dealkylation sites (tertiary alicyclic amines) is 1. The zero-order valence-corrected chi connectivity index (χ0v) is 29.9. The fraction of sp³-hybridized carbons (Fsp3) is 0.395. The van der Waals surface area contributed by atoms with Gasteiger partial charge in [0.05, 0.1) is 34.1 Å². The lowest BCUT2D eigenvalue weighted by molar-refractivity contribution is -0.139. The summed E-state index contributed by atoms with van der Waals surface area (Å²) in [5.74, 6) is 0.779. The number of nitrogens with one attached hydrogen (secondary N) is 3. The number of para-hydroxylation sites is 1. The van der Waals surface area contributed by atoms with Crippen LogP contribution in [0.1, 0.15) is 64.0 Å². The number of nitrogens with zero attached hydrogens (tertiary/aromatic N) is 1. The number of piperidine rings is 1. The molecular weight excluding hydrogens is 651 g/mol. The van der Waals surface area contributed by atoms with Crippen molar-refractivity contribution in [2.45, 2.75) is 87.6 Å². The van der Waals surface area contributed by atoms with Crippen LogP contribution in [0.4, 0.5) is 0 Å². The fourth-order valence-corrected chi connectivity index (χ4v) is 8.57. The van der Waals surface area contributed by atoms with Gasteiger partial charge >= 0.3 is 7.12 Å². The van der Waals surface area contributed by atoms with Gasteiger partial charge in [-0.15, -0.1) is 0 Å². The van der Waals surface area contributed by atoms with E-state index in [9.17, 15) is 14.4 Å². The molecule has 50 heavy (non-hydrogen) atoms. The number of hydrogen-bond donors (Lipinski definition) is 3. The first kappa shape index (κ1) is 32.9. The summed E-state index contributed by atoms with van der Waals surface area (Å²) in [5, 5.41) is 6.84. The van der Waals surface area contributed by atoms with E-state index in [0.29, 0.717) is 17.7 Å². The van der Waals surface area contributed by atoms with Crippen molar-refractivity contribution < 1.29 is 28.4 Å². The topological polar surface area (TPSA) is 122 Å². The van der Waals surface area contributed by atoms with Crippen LogP contribution in [0.15, 0.2) is 76.5 Å². The van der Waals surface area contributed by atoms with Crippen LogP contribution in [0.3, 0.4) is 0 Å². The Kier molecular flexibility index (Phi) is 7.67. The molecule has 3 amide bonds. The number of aromatic amines is 1. The summed E-state index contributed by atoms with van der Waals surface area (Å²) in [6.07, 6.45) is 0.579. The van der Waals surface area contributed by atoms with Gasteiger partial charge in [0.25, 0.3) is 5.91 Å². The molecule has 0 unspecified atom stereocenters. The van der Waals surface area contributed by atoms with E-state index in [2.05, 4.69) is 35.5 Å².